The maximum Gasteiger partial charge on any atom is 0.349 e. The fourth-order valence-electron chi connectivity index (χ4n) is 2.00. The lowest BCUT2D eigenvalue weighted by Crippen LogP contribution is -2.44. The van der Waals surface area contributed by atoms with E-state index in [0.29, 0.717) is 16.0 Å². The van der Waals surface area contributed by atoms with Gasteiger partial charge in [-0.05, 0) is 44.4 Å². The largest absolute Gasteiger partial charge is 0.443 e. The Morgan fingerprint density at radius 2 is 1.88 bits per heavy atom. The number of thiophene rings is 1. The second-order valence-corrected chi connectivity index (χ2v) is 7.18. The average Bonchev–Trinajstić information content (AvgIpc) is 3.05. The Morgan fingerprint density at radius 1 is 1.21 bits per heavy atom. The molecule has 1 amide bonds. The highest BCUT2D eigenvalue weighted by Crippen LogP contribution is 2.22. The molecule has 124 valence electrons. The molecule has 0 bridgehead atoms. The molecule has 0 spiro atoms. The monoisotopic (exact) mass is 342 g/mol. The van der Waals surface area contributed by atoms with Gasteiger partial charge in [0.2, 0.25) is 6.10 Å². The highest BCUT2D eigenvalue weighted by molar-refractivity contribution is 7.11. The van der Waals surface area contributed by atoms with E-state index in [-0.39, 0.29) is 0 Å². The van der Waals surface area contributed by atoms with Gasteiger partial charge in [-0.25, -0.2) is 4.79 Å². The van der Waals surface area contributed by atoms with Crippen molar-refractivity contribution < 1.29 is 14.3 Å². The number of carbonyl (C=O) groups is 2. The molecule has 0 radical (unpaired) electrons. The number of carbonyl (C=O) groups excluding carboxylic acids is 2. The van der Waals surface area contributed by atoms with E-state index in [1.165, 1.54) is 11.3 Å². The summed E-state index contributed by atoms with van der Waals surface area (Å²) in [6.07, 6.45) is -1.08. The van der Waals surface area contributed by atoms with Crippen molar-refractivity contribution in [2.24, 2.45) is 0 Å². The van der Waals surface area contributed by atoms with Crippen LogP contribution in [-0.4, -0.2) is 17.4 Å². The molecule has 1 atom stereocenters. The molecule has 0 saturated heterocycles. The van der Waals surface area contributed by atoms with Crippen molar-refractivity contribution in [2.75, 3.05) is 0 Å². The van der Waals surface area contributed by atoms with Gasteiger partial charge >= 0.3 is 5.97 Å². The van der Waals surface area contributed by atoms with Gasteiger partial charge in [-0.3, -0.25) is 4.79 Å². The minimum absolute atomic E-state index is 0.405. The Balaban J connectivity index is 2.28. The van der Waals surface area contributed by atoms with Gasteiger partial charge in [-0.2, -0.15) is 5.26 Å². The van der Waals surface area contributed by atoms with Gasteiger partial charge in [0.05, 0.1) is 11.6 Å². The summed E-state index contributed by atoms with van der Waals surface area (Å²) in [6.45, 7) is 5.55. The number of benzene rings is 1. The number of amides is 1. The van der Waals surface area contributed by atoms with Crippen LogP contribution in [0.5, 0.6) is 0 Å². The van der Waals surface area contributed by atoms with E-state index < -0.39 is 23.5 Å². The molecular weight excluding hydrogens is 324 g/mol. The van der Waals surface area contributed by atoms with Crippen molar-refractivity contribution in [1.82, 2.24) is 5.32 Å². The highest BCUT2D eigenvalue weighted by atomic mass is 32.1. The maximum absolute atomic E-state index is 12.6. The van der Waals surface area contributed by atoms with E-state index in [1.54, 1.807) is 41.8 Å². The van der Waals surface area contributed by atoms with E-state index >= 15 is 0 Å². The van der Waals surface area contributed by atoms with Crippen molar-refractivity contribution in [2.45, 2.75) is 32.4 Å². The molecule has 0 aliphatic carbocycles. The van der Waals surface area contributed by atoms with Crippen LogP contribution in [0, 0.1) is 11.3 Å². The van der Waals surface area contributed by atoms with E-state index in [4.69, 9.17) is 10.00 Å². The maximum atomic E-state index is 12.6. The van der Waals surface area contributed by atoms with Crippen LogP contribution >= 0.6 is 11.3 Å². The lowest BCUT2D eigenvalue weighted by atomic mass is 10.0. The van der Waals surface area contributed by atoms with Crippen LogP contribution in [0.3, 0.4) is 0 Å². The summed E-state index contributed by atoms with van der Waals surface area (Å²) < 4.78 is 5.44. The first kappa shape index (κ1) is 17.7. The third kappa shape index (κ3) is 4.67. The predicted octanol–water partition coefficient (Wildman–Crippen LogP) is 3.43. The molecule has 5 nitrogen and oxygen atoms in total. The van der Waals surface area contributed by atoms with Crippen LogP contribution in [-0.2, 0) is 9.53 Å². The predicted molar refractivity (Wildman–Crippen MR) is 91.5 cm³/mol. The number of nitriles is 1. The molecule has 1 N–H and O–H groups in total. The van der Waals surface area contributed by atoms with Crippen molar-refractivity contribution >= 4 is 23.2 Å². The van der Waals surface area contributed by atoms with Gasteiger partial charge in [0.25, 0.3) is 5.91 Å². The third-order valence-corrected chi connectivity index (χ3v) is 3.88. The molecule has 0 unspecified atom stereocenters. The normalized spacial score (nSPS) is 12.1. The lowest BCUT2D eigenvalue weighted by Gasteiger charge is -2.25. The summed E-state index contributed by atoms with van der Waals surface area (Å²) in [5.41, 5.74) is 0.524. The van der Waals surface area contributed by atoms with Crippen LogP contribution in [0.1, 0.15) is 47.7 Å². The standard InChI is InChI=1S/C18H18N2O3S/c1-18(2,3)20-16(21)15(13-8-6-12(11-19)7-9-13)23-17(22)14-5-4-10-24-14/h4-10,15H,1-3H3,(H,20,21)/t15-/m0/s1. The second kappa shape index (κ2) is 7.28. The molecule has 24 heavy (non-hydrogen) atoms. The first-order valence-electron chi connectivity index (χ1n) is 7.37. The molecule has 0 saturated carbocycles. The zero-order valence-electron chi connectivity index (χ0n) is 13.7. The SMILES string of the molecule is CC(C)(C)NC(=O)[C@@H](OC(=O)c1cccs1)c1ccc(C#N)cc1. The zero-order valence-corrected chi connectivity index (χ0v) is 14.5. The Kier molecular flexibility index (Phi) is 5.37. The van der Waals surface area contributed by atoms with Crippen LogP contribution < -0.4 is 5.32 Å². The number of hydrogen-bond acceptors (Lipinski definition) is 5. The van der Waals surface area contributed by atoms with E-state index in [1.807, 2.05) is 26.8 Å². The summed E-state index contributed by atoms with van der Waals surface area (Å²) in [4.78, 5) is 25.2. The summed E-state index contributed by atoms with van der Waals surface area (Å²) in [7, 11) is 0. The van der Waals surface area contributed by atoms with Crippen molar-refractivity contribution in [3.8, 4) is 6.07 Å². The summed E-state index contributed by atoms with van der Waals surface area (Å²) in [5, 5.41) is 13.5. The van der Waals surface area contributed by atoms with Crippen molar-refractivity contribution in [1.29, 1.82) is 5.26 Å². The molecular formula is C18H18N2O3S. The number of nitrogens with one attached hydrogen (secondary N) is 1. The van der Waals surface area contributed by atoms with Gasteiger partial charge in [-0.15, -0.1) is 11.3 Å². The van der Waals surface area contributed by atoms with Crippen molar-refractivity contribution in [3.63, 3.8) is 0 Å². The minimum Gasteiger partial charge on any atom is -0.443 e. The Morgan fingerprint density at radius 3 is 2.38 bits per heavy atom. The third-order valence-electron chi connectivity index (χ3n) is 3.03. The van der Waals surface area contributed by atoms with Gasteiger partial charge in [-0.1, -0.05) is 18.2 Å². The number of rotatable bonds is 4. The second-order valence-electron chi connectivity index (χ2n) is 6.24. The van der Waals surface area contributed by atoms with Gasteiger partial charge in [0.1, 0.15) is 4.88 Å². The summed E-state index contributed by atoms with van der Waals surface area (Å²) in [6, 6.07) is 11.8. The summed E-state index contributed by atoms with van der Waals surface area (Å²) in [5.74, 6) is -0.958. The molecule has 2 aromatic rings. The molecule has 0 fully saturated rings. The topological polar surface area (TPSA) is 79.2 Å². The molecule has 6 heteroatoms. The quantitative estimate of drug-likeness (QED) is 0.863. The Labute approximate surface area is 144 Å². The van der Waals surface area contributed by atoms with E-state index in [9.17, 15) is 9.59 Å². The van der Waals surface area contributed by atoms with Crippen LogP contribution in [0.25, 0.3) is 0 Å². The molecule has 0 aliphatic heterocycles. The van der Waals surface area contributed by atoms with Gasteiger partial charge < -0.3 is 10.1 Å². The number of hydrogen-bond donors (Lipinski definition) is 1. The van der Waals surface area contributed by atoms with Gasteiger partial charge in [0.15, 0.2) is 0 Å². The molecule has 1 aromatic carbocycles. The Hall–Kier alpha value is -2.65. The number of nitrogens with zero attached hydrogens (tertiary/aromatic N) is 1. The van der Waals surface area contributed by atoms with Crippen LogP contribution in [0.4, 0.5) is 0 Å². The fraction of sp³-hybridized carbons (Fsp3) is 0.278. The van der Waals surface area contributed by atoms with E-state index in [2.05, 4.69) is 5.32 Å². The number of esters is 1. The molecule has 1 heterocycles. The first-order chi connectivity index (χ1) is 11.3. The fourth-order valence-corrected chi connectivity index (χ4v) is 2.61. The van der Waals surface area contributed by atoms with E-state index in [0.717, 1.165) is 0 Å². The van der Waals surface area contributed by atoms with Gasteiger partial charge in [0, 0.05) is 11.1 Å². The lowest BCUT2D eigenvalue weighted by molar-refractivity contribution is -0.131. The smallest absolute Gasteiger partial charge is 0.349 e. The number of ether oxygens (including phenoxy) is 1. The van der Waals surface area contributed by atoms with Crippen LogP contribution in [0.2, 0.25) is 0 Å². The molecule has 0 aliphatic rings. The first-order valence-corrected chi connectivity index (χ1v) is 8.25. The minimum atomic E-state index is -1.08. The van der Waals surface area contributed by atoms with Crippen molar-refractivity contribution in [3.05, 3.63) is 57.8 Å². The highest BCUT2D eigenvalue weighted by Gasteiger charge is 2.28. The zero-order chi connectivity index (χ0) is 17.7. The molecule has 1 aromatic heterocycles. The Bertz CT molecular complexity index is 753. The van der Waals surface area contributed by atoms with Crippen LogP contribution in [0.15, 0.2) is 41.8 Å². The molecule has 2 rings (SSSR count). The summed E-state index contributed by atoms with van der Waals surface area (Å²) >= 11 is 1.25. The average molecular weight is 342 g/mol.